The second-order valence-electron chi connectivity index (χ2n) is 8.89. The lowest BCUT2D eigenvalue weighted by Gasteiger charge is -2.12. The smallest absolute Gasteiger partial charge is 0.275 e. The monoisotopic (exact) mass is 522 g/mol. The summed E-state index contributed by atoms with van der Waals surface area (Å²) >= 11 is 6.87. The molecule has 0 N–H and O–H groups in total. The van der Waals surface area contributed by atoms with Crippen molar-refractivity contribution in [1.29, 1.82) is 0 Å². The zero-order valence-electron chi connectivity index (χ0n) is 20.5. The predicted molar refractivity (Wildman–Crippen MR) is 136 cm³/mol. The number of nitrogens with zero attached hydrogens (tertiary/aromatic N) is 6. The first-order valence-corrected chi connectivity index (χ1v) is 11.8. The molecule has 0 spiro atoms. The standard InChI is InChI=1S/C27H22ClF3N6/c1-15-5-9-18(10-6-15)24-23(28)25(19-11-7-16(2)8-12-19)37(35-24)26-32-21(13-22(33-26)27(29,30)31)20-14-36(4)34-17(20)3/h5-14H,1-4H3. The summed E-state index contributed by atoms with van der Waals surface area (Å²) in [5, 5.41) is 9.17. The molecule has 37 heavy (non-hydrogen) atoms. The molecule has 0 radical (unpaired) electrons. The molecular formula is C27H22ClF3N6. The van der Waals surface area contributed by atoms with Crippen molar-refractivity contribution in [3.63, 3.8) is 0 Å². The van der Waals surface area contributed by atoms with Crippen molar-refractivity contribution in [2.24, 2.45) is 7.05 Å². The maximum Gasteiger partial charge on any atom is 0.433 e. The summed E-state index contributed by atoms with van der Waals surface area (Å²) in [6.07, 6.45) is -3.08. The Balaban J connectivity index is 1.80. The molecule has 0 aliphatic carbocycles. The summed E-state index contributed by atoms with van der Waals surface area (Å²) in [5.74, 6) is -0.246. The first kappa shape index (κ1) is 24.7. The highest BCUT2D eigenvalue weighted by Crippen LogP contribution is 2.39. The third-order valence-corrected chi connectivity index (χ3v) is 6.32. The SMILES string of the molecule is Cc1ccc(-c2nn(-c3nc(-c4cn(C)nc4C)cc(C(F)(F)F)n3)c(-c3ccc(C)cc3)c2Cl)cc1. The van der Waals surface area contributed by atoms with Gasteiger partial charge in [0.25, 0.3) is 5.95 Å². The van der Waals surface area contributed by atoms with Gasteiger partial charge in [-0.15, -0.1) is 0 Å². The van der Waals surface area contributed by atoms with Crippen LogP contribution in [0.4, 0.5) is 13.2 Å². The van der Waals surface area contributed by atoms with Crippen molar-refractivity contribution in [1.82, 2.24) is 29.5 Å². The van der Waals surface area contributed by atoms with E-state index >= 15 is 0 Å². The van der Waals surface area contributed by atoms with Gasteiger partial charge < -0.3 is 0 Å². The van der Waals surface area contributed by atoms with Crippen molar-refractivity contribution < 1.29 is 13.2 Å². The molecule has 6 nitrogen and oxygen atoms in total. The predicted octanol–water partition coefficient (Wildman–Crippen LogP) is 6.99. The van der Waals surface area contributed by atoms with Crippen molar-refractivity contribution >= 4 is 11.6 Å². The van der Waals surface area contributed by atoms with Gasteiger partial charge in [-0.05, 0) is 26.8 Å². The first-order valence-electron chi connectivity index (χ1n) is 11.4. The maximum absolute atomic E-state index is 14.0. The number of hydrogen-bond acceptors (Lipinski definition) is 4. The molecule has 3 heterocycles. The fourth-order valence-electron chi connectivity index (χ4n) is 4.06. The summed E-state index contributed by atoms with van der Waals surface area (Å²) in [5.41, 5.74) is 4.27. The molecule has 188 valence electrons. The van der Waals surface area contributed by atoms with Crippen LogP contribution in [0.1, 0.15) is 22.5 Å². The Morgan fingerprint density at radius 2 is 1.41 bits per heavy atom. The van der Waals surface area contributed by atoms with E-state index in [4.69, 9.17) is 11.6 Å². The van der Waals surface area contributed by atoms with Gasteiger partial charge in [0.15, 0.2) is 5.69 Å². The second-order valence-corrected chi connectivity index (χ2v) is 9.27. The topological polar surface area (TPSA) is 61.4 Å². The van der Waals surface area contributed by atoms with E-state index in [1.165, 1.54) is 9.36 Å². The minimum Gasteiger partial charge on any atom is -0.275 e. The molecule has 0 atom stereocenters. The molecule has 0 saturated heterocycles. The molecule has 0 aliphatic heterocycles. The highest BCUT2D eigenvalue weighted by molar-refractivity contribution is 6.35. The Labute approximate surface area is 216 Å². The van der Waals surface area contributed by atoms with E-state index in [0.29, 0.717) is 28.2 Å². The normalized spacial score (nSPS) is 11.8. The van der Waals surface area contributed by atoms with Crippen LogP contribution in [0.2, 0.25) is 5.02 Å². The molecule has 0 unspecified atom stereocenters. The van der Waals surface area contributed by atoms with Gasteiger partial charge in [0.1, 0.15) is 5.69 Å². The van der Waals surface area contributed by atoms with E-state index in [1.807, 2.05) is 62.4 Å². The van der Waals surface area contributed by atoms with Gasteiger partial charge in [-0.1, -0.05) is 71.3 Å². The Kier molecular flexibility index (Phi) is 6.11. The van der Waals surface area contributed by atoms with Gasteiger partial charge in [-0.3, -0.25) is 4.68 Å². The van der Waals surface area contributed by atoms with E-state index in [-0.39, 0.29) is 16.7 Å². The molecule has 10 heteroatoms. The molecule has 0 bridgehead atoms. The average molecular weight is 523 g/mol. The van der Waals surface area contributed by atoms with E-state index < -0.39 is 11.9 Å². The first-order chi connectivity index (χ1) is 17.5. The highest BCUT2D eigenvalue weighted by Gasteiger charge is 2.35. The van der Waals surface area contributed by atoms with Crippen LogP contribution in [0.5, 0.6) is 0 Å². The van der Waals surface area contributed by atoms with Crippen LogP contribution in [0.25, 0.3) is 39.7 Å². The minimum atomic E-state index is -4.71. The van der Waals surface area contributed by atoms with Crippen LogP contribution in [0.15, 0.2) is 60.8 Å². The quantitative estimate of drug-likeness (QED) is 0.255. The van der Waals surface area contributed by atoms with Crippen LogP contribution < -0.4 is 0 Å². The highest BCUT2D eigenvalue weighted by atomic mass is 35.5. The fourth-order valence-corrected chi connectivity index (χ4v) is 4.40. The number of benzene rings is 2. The van der Waals surface area contributed by atoms with Crippen molar-refractivity contribution in [2.45, 2.75) is 26.9 Å². The third kappa shape index (κ3) is 4.74. The van der Waals surface area contributed by atoms with Crippen LogP contribution in [-0.4, -0.2) is 29.5 Å². The Morgan fingerprint density at radius 3 is 1.95 bits per heavy atom. The summed E-state index contributed by atoms with van der Waals surface area (Å²) < 4.78 is 44.7. The lowest BCUT2D eigenvalue weighted by atomic mass is 10.1. The third-order valence-electron chi connectivity index (χ3n) is 5.96. The zero-order chi connectivity index (χ0) is 26.5. The number of halogens is 4. The Bertz CT molecular complexity index is 1600. The second kappa shape index (κ2) is 9.15. The molecule has 5 aromatic rings. The Morgan fingerprint density at radius 1 is 0.811 bits per heavy atom. The Hall–Kier alpha value is -3.98. The molecule has 5 rings (SSSR count). The molecule has 2 aromatic carbocycles. The molecule has 0 amide bonds. The molecule has 3 aromatic heterocycles. The van der Waals surface area contributed by atoms with Crippen molar-refractivity contribution in [3.8, 4) is 39.7 Å². The zero-order valence-corrected chi connectivity index (χ0v) is 21.2. The van der Waals surface area contributed by atoms with Gasteiger partial charge in [0, 0.05) is 29.9 Å². The van der Waals surface area contributed by atoms with E-state index in [1.54, 1.807) is 20.2 Å². The summed E-state index contributed by atoms with van der Waals surface area (Å²) in [7, 11) is 1.69. The number of hydrogen-bond donors (Lipinski definition) is 0. The van der Waals surface area contributed by atoms with Crippen LogP contribution >= 0.6 is 11.6 Å². The van der Waals surface area contributed by atoms with Crippen LogP contribution in [0.3, 0.4) is 0 Å². The number of aryl methyl sites for hydroxylation is 4. The molecule has 0 fully saturated rings. The fraction of sp³-hybridized carbons (Fsp3) is 0.185. The molecule has 0 saturated carbocycles. The summed E-state index contributed by atoms with van der Waals surface area (Å²) in [4.78, 5) is 8.39. The summed E-state index contributed by atoms with van der Waals surface area (Å²) in [6, 6.07) is 16.0. The van der Waals surface area contributed by atoms with E-state index in [2.05, 4.69) is 20.2 Å². The lowest BCUT2D eigenvalue weighted by Crippen LogP contribution is -2.14. The minimum absolute atomic E-state index is 0.0845. The van der Waals surface area contributed by atoms with Crippen molar-refractivity contribution in [2.75, 3.05) is 0 Å². The van der Waals surface area contributed by atoms with Crippen LogP contribution in [0, 0.1) is 20.8 Å². The number of alkyl halides is 3. The number of rotatable bonds is 4. The van der Waals surface area contributed by atoms with Gasteiger partial charge in [0.05, 0.1) is 22.1 Å². The molecule has 0 aliphatic rings. The van der Waals surface area contributed by atoms with Gasteiger partial charge in [0.2, 0.25) is 0 Å². The van der Waals surface area contributed by atoms with Gasteiger partial charge in [-0.2, -0.15) is 28.1 Å². The average Bonchev–Trinajstić information content (AvgIpc) is 3.37. The maximum atomic E-state index is 14.0. The lowest BCUT2D eigenvalue weighted by molar-refractivity contribution is -0.141. The molecular weight excluding hydrogens is 501 g/mol. The van der Waals surface area contributed by atoms with Crippen LogP contribution in [-0.2, 0) is 13.2 Å². The van der Waals surface area contributed by atoms with E-state index in [9.17, 15) is 13.2 Å². The van der Waals surface area contributed by atoms with Gasteiger partial charge in [-0.25, -0.2) is 9.97 Å². The summed E-state index contributed by atoms with van der Waals surface area (Å²) in [6.45, 7) is 5.61. The number of aromatic nitrogens is 6. The van der Waals surface area contributed by atoms with Crippen molar-refractivity contribution in [3.05, 3.63) is 88.3 Å². The van der Waals surface area contributed by atoms with Gasteiger partial charge >= 0.3 is 6.18 Å². The largest absolute Gasteiger partial charge is 0.433 e. The van der Waals surface area contributed by atoms with E-state index in [0.717, 1.165) is 22.8 Å².